The molecular formula is C14H16N2S. The first-order chi connectivity index (χ1) is 8.43. The molecule has 17 heavy (non-hydrogen) atoms. The number of thioether (sulfide) groups is 1. The smallest absolute Gasteiger partial charge is 0.0437 e. The van der Waals surface area contributed by atoms with E-state index in [0.29, 0.717) is 6.04 Å². The molecule has 1 atom stereocenters. The summed E-state index contributed by atoms with van der Waals surface area (Å²) in [5, 5.41) is 6.15. The minimum Gasteiger partial charge on any atom is -0.381 e. The van der Waals surface area contributed by atoms with E-state index in [2.05, 4.69) is 34.6 Å². The number of nitrogens with one attached hydrogen (secondary N) is 1. The Morgan fingerprint density at radius 2 is 2.29 bits per heavy atom. The number of hydrogen-bond acceptors (Lipinski definition) is 3. The Hall–Kier alpha value is -1.22. The number of fused-ring (bicyclic) bond motifs is 1. The maximum absolute atomic E-state index is 4.22. The lowest BCUT2D eigenvalue weighted by molar-refractivity contribution is 0.686. The summed E-state index contributed by atoms with van der Waals surface area (Å²) in [7, 11) is 0. The molecule has 1 saturated heterocycles. The van der Waals surface area contributed by atoms with Gasteiger partial charge in [-0.2, -0.15) is 11.8 Å². The van der Waals surface area contributed by atoms with Crippen molar-refractivity contribution in [3.63, 3.8) is 0 Å². The van der Waals surface area contributed by atoms with Crippen molar-refractivity contribution in [2.75, 3.05) is 16.8 Å². The zero-order valence-corrected chi connectivity index (χ0v) is 10.5. The number of nitrogens with zero attached hydrogens (tertiary/aromatic N) is 1. The van der Waals surface area contributed by atoms with Crippen molar-refractivity contribution in [2.45, 2.75) is 18.9 Å². The highest BCUT2D eigenvalue weighted by molar-refractivity contribution is 7.99. The SMILES string of the molecule is c1cc(NC2CCCSC2)c2cnccc2c1. The van der Waals surface area contributed by atoms with Crippen LogP contribution in [0.15, 0.2) is 36.7 Å². The van der Waals surface area contributed by atoms with Crippen LogP contribution in [-0.4, -0.2) is 22.5 Å². The van der Waals surface area contributed by atoms with Crippen LogP contribution in [0.3, 0.4) is 0 Å². The van der Waals surface area contributed by atoms with Crippen LogP contribution in [0.25, 0.3) is 10.8 Å². The summed E-state index contributed by atoms with van der Waals surface area (Å²) in [5.74, 6) is 2.53. The molecule has 2 nitrogen and oxygen atoms in total. The van der Waals surface area contributed by atoms with E-state index in [-0.39, 0.29) is 0 Å². The molecular weight excluding hydrogens is 228 g/mol. The molecule has 3 heteroatoms. The molecule has 0 bridgehead atoms. The fourth-order valence-corrected chi connectivity index (χ4v) is 3.39. The van der Waals surface area contributed by atoms with E-state index in [0.717, 1.165) is 0 Å². The maximum atomic E-state index is 4.22. The van der Waals surface area contributed by atoms with Crippen molar-refractivity contribution in [3.05, 3.63) is 36.7 Å². The highest BCUT2D eigenvalue weighted by Crippen LogP contribution is 2.26. The summed E-state index contributed by atoms with van der Waals surface area (Å²) in [6.07, 6.45) is 6.41. The van der Waals surface area contributed by atoms with E-state index < -0.39 is 0 Å². The third-order valence-electron chi connectivity index (χ3n) is 3.20. The largest absolute Gasteiger partial charge is 0.381 e. The summed E-state index contributed by atoms with van der Waals surface area (Å²) < 4.78 is 0. The van der Waals surface area contributed by atoms with Crippen molar-refractivity contribution in [1.82, 2.24) is 4.98 Å². The highest BCUT2D eigenvalue weighted by atomic mass is 32.2. The van der Waals surface area contributed by atoms with Crippen molar-refractivity contribution in [2.24, 2.45) is 0 Å². The van der Waals surface area contributed by atoms with Crippen LogP contribution in [0.2, 0.25) is 0 Å². The van der Waals surface area contributed by atoms with E-state index in [1.54, 1.807) is 0 Å². The summed E-state index contributed by atoms with van der Waals surface area (Å²) in [5.41, 5.74) is 1.23. The fraction of sp³-hybridized carbons (Fsp3) is 0.357. The molecule has 0 radical (unpaired) electrons. The summed E-state index contributed by atoms with van der Waals surface area (Å²) in [6.45, 7) is 0. The van der Waals surface area contributed by atoms with Gasteiger partial charge >= 0.3 is 0 Å². The van der Waals surface area contributed by atoms with Crippen LogP contribution in [0.5, 0.6) is 0 Å². The van der Waals surface area contributed by atoms with Gasteiger partial charge in [-0.05, 0) is 36.1 Å². The minimum atomic E-state index is 0.611. The Bertz CT molecular complexity index is 501. The van der Waals surface area contributed by atoms with Gasteiger partial charge in [0.05, 0.1) is 0 Å². The summed E-state index contributed by atoms with van der Waals surface area (Å²) in [6, 6.07) is 9.08. The van der Waals surface area contributed by atoms with Gasteiger partial charge in [0.1, 0.15) is 0 Å². The highest BCUT2D eigenvalue weighted by Gasteiger charge is 2.14. The van der Waals surface area contributed by atoms with E-state index in [1.165, 1.54) is 40.8 Å². The molecule has 88 valence electrons. The Balaban J connectivity index is 1.89. The molecule has 0 saturated carbocycles. The molecule has 1 aliphatic rings. The van der Waals surface area contributed by atoms with Crippen LogP contribution < -0.4 is 5.32 Å². The monoisotopic (exact) mass is 244 g/mol. The molecule has 2 heterocycles. The second kappa shape index (κ2) is 4.96. The van der Waals surface area contributed by atoms with E-state index >= 15 is 0 Å². The van der Waals surface area contributed by atoms with Gasteiger partial charge in [0.15, 0.2) is 0 Å². The lowest BCUT2D eigenvalue weighted by Crippen LogP contribution is -2.25. The van der Waals surface area contributed by atoms with Crippen molar-refractivity contribution >= 4 is 28.2 Å². The maximum Gasteiger partial charge on any atom is 0.0437 e. The van der Waals surface area contributed by atoms with Crippen molar-refractivity contribution in [3.8, 4) is 0 Å². The van der Waals surface area contributed by atoms with Gasteiger partial charge in [0.25, 0.3) is 0 Å². The second-order valence-corrected chi connectivity index (χ2v) is 5.61. The number of aromatic nitrogens is 1. The first-order valence-corrected chi connectivity index (χ1v) is 7.26. The zero-order chi connectivity index (χ0) is 11.5. The van der Waals surface area contributed by atoms with Crippen LogP contribution in [0.4, 0.5) is 5.69 Å². The third-order valence-corrected chi connectivity index (χ3v) is 4.42. The number of pyridine rings is 1. The molecule has 1 unspecified atom stereocenters. The molecule has 0 spiro atoms. The van der Waals surface area contributed by atoms with E-state index in [9.17, 15) is 0 Å². The van der Waals surface area contributed by atoms with Gasteiger partial charge in [-0.1, -0.05) is 12.1 Å². The second-order valence-electron chi connectivity index (χ2n) is 4.46. The Kier molecular flexibility index (Phi) is 3.18. The van der Waals surface area contributed by atoms with Crippen LogP contribution in [0, 0.1) is 0 Å². The predicted octanol–water partition coefficient (Wildman–Crippen LogP) is 3.54. The normalized spacial score (nSPS) is 20.4. The Morgan fingerprint density at radius 1 is 1.29 bits per heavy atom. The first kappa shape index (κ1) is 10.9. The quantitative estimate of drug-likeness (QED) is 0.874. The zero-order valence-electron chi connectivity index (χ0n) is 9.73. The minimum absolute atomic E-state index is 0.611. The average molecular weight is 244 g/mol. The molecule has 1 aliphatic heterocycles. The average Bonchev–Trinajstić information content (AvgIpc) is 2.40. The molecule has 1 aromatic carbocycles. The van der Waals surface area contributed by atoms with Crippen LogP contribution in [0.1, 0.15) is 12.8 Å². The Morgan fingerprint density at radius 3 is 3.18 bits per heavy atom. The molecule has 0 aliphatic carbocycles. The third kappa shape index (κ3) is 2.39. The van der Waals surface area contributed by atoms with Gasteiger partial charge in [-0.25, -0.2) is 0 Å². The topological polar surface area (TPSA) is 24.9 Å². The van der Waals surface area contributed by atoms with E-state index in [1.807, 2.05) is 24.2 Å². The van der Waals surface area contributed by atoms with Gasteiger partial charge in [0, 0.05) is 35.3 Å². The molecule has 1 N–H and O–H groups in total. The molecule has 1 fully saturated rings. The number of rotatable bonds is 2. The van der Waals surface area contributed by atoms with Gasteiger partial charge < -0.3 is 5.32 Å². The van der Waals surface area contributed by atoms with Crippen molar-refractivity contribution < 1.29 is 0 Å². The summed E-state index contributed by atoms with van der Waals surface area (Å²) >= 11 is 2.05. The standard InChI is InChI=1S/C14H16N2S/c1-3-11-6-7-15-9-13(11)14(5-1)16-12-4-2-8-17-10-12/h1,3,5-7,9,12,16H,2,4,8,10H2. The summed E-state index contributed by atoms with van der Waals surface area (Å²) in [4.78, 5) is 4.22. The number of benzene rings is 1. The number of anilines is 1. The van der Waals surface area contributed by atoms with Crippen LogP contribution >= 0.6 is 11.8 Å². The molecule has 3 rings (SSSR count). The molecule has 0 amide bonds. The van der Waals surface area contributed by atoms with Gasteiger partial charge in [0.2, 0.25) is 0 Å². The molecule has 2 aromatic rings. The fourth-order valence-electron chi connectivity index (χ4n) is 2.31. The van der Waals surface area contributed by atoms with Gasteiger partial charge in [-0.15, -0.1) is 0 Å². The molecule has 1 aromatic heterocycles. The number of hydrogen-bond donors (Lipinski definition) is 1. The lowest BCUT2D eigenvalue weighted by atomic mass is 10.1. The lowest BCUT2D eigenvalue weighted by Gasteiger charge is -2.24. The van der Waals surface area contributed by atoms with E-state index in [4.69, 9.17) is 0 Å². The first-order valence-electron chi connectivity index (χ1n) is 6.10. The van der Waals surface area contributed by atoms with Gasteiger partial charge in [-0.3, -0.25) is 4.98 Å². The van der Waals surface area contributed by atoms with Crippen LogP contribution in [-0.2, 0) is 0 Å². The Labute approximate surface area is 106 Å². The predicted molar refractivity (Wildman–Crippen MR) is 75.7 cm³/mol. The van der Waals surface area contributed by atoms with Crippen molar-refractivity contribution in [1.29, 1.82) is 0 Å².